The molecule has 84 valence electrons. The zero-order valence-corrected chi connectivity index (χ0v) is 8.89. The van der Waals surface area contributed by atoms with Crippen LogP contribution in [0.5, 0.6) is 0 Å². The number of Topliss-reactive ketones (excluding diaryl/α,β-unsaturated/α-hetero) is 1. The number of benzene rings is 1. The highest BCUT2D eigenvalue weighted by atomic mass is 16.6. The maximum absolute atomic E-state index is 11.4. The standard InChI is InChI=1S/C12H13NO3/c14-10-5-3-4-9(8-10)11-6-1-2-7-12(11)13(15)16/h1-2,6-7,9H,3-5,8H2/t9-/m0/s1. The number of nitrogens with zero attached hydrogens (tertiary/aromatic N) is 1. The van der Waals surface area contributed by atoms with Gasteiger partial charge in [-0.2, -0.15) is 0 Å². The second kappa shape index (κ2) is 4.43. The third kappa shape index (κ3) is 2.10. The minimum Gasteiger partial charge on any atom is -0.300 e. The van der Waals surface area contributed by atoms with Crippen molar-refractivity contribution in [2.24, 2.45) is 0 Å². The quantitative estimate of drug-likeness (QED) is 0.567. The van der Waals surface area contributed by atoms with Gasteiger partial charge < -0.3 is 0 Å². The lowest BCUT2D eigenvalue weighted by molar-refractivity contribution is -0.385. The summed E-state index contributed by atoms with van der Waals surface area (Å²) in [5.74, 6) is 0.247. The molecule has 0 bridgehead atoms. The molecule has 1 saturated carbocycles. The maximum Gasteiger partial charge on any atom is 0.272 e. The number of hydrogen-bond donors (Lipinski definition) is 0. The van der Waals surface area contributed by atoms with Crippen molar-refractivity contribution in [2.75, 3.05) is 0 Å². The van der Waals surface area contributed by atoms with Crippen LogP contribution in [0.3, 0.4) is 0 Å². The van der Waals surface area contributed by atoms with Gasteiger partial charge in [-0.1, -0.05) is 18.2 Å². The number of nitro benzene ring substituents is 1. The number of rotatable bonds is 2. The Labute approximate surface area is 93.4 Å². The molecule has 16 heavy (non-hydrogen) atoms. The Balaban J connectivity index is 2.32. The lowest BCUT2D eigenvalue weighted by Crippen LogP contribution is -2.14. The van der Waals surface area contributed by atoms with Gasteiger partial charge in [-0.25, -0.2) is 0 Å². The molecule has 0 N–H and O–H groups in total. The van der Waals surface area contributed by atoms with Crippen LogP contribution in [0.1, 0.15) is 37.2 Å². The summed E-state index contributed by atoms with van der Waals surface area (Å²) in [6.07, 6.45) is 2.79. The van der Waals surface area contributed by atoms with Crippen LogP contribution in [-0.4, -0.2) is 10.7 Å². The summed E-state index contributed by atoms with van der Waals surface area (Å²) >= 11 is 0. The summed E-state index contributed by atoms with van der Waals surface area (Å²) in [4.78, 5) is 21.9. The largest absolute Gasteiger partial charge is 0.300 e. The highest BCUT2D eigenvalue weighted by Crippen LogP contribution is 2.35. The molecular formula is C12H13NO3. The Morgan fingerprint density at radius 1 is 1.31 bits per heavy atom. The molecule has 1 aromatic rings. The molecule has 1 aliphatic carbocycles. The Morgan fingerprint density at radius 2 is 2.06 bits per heavy atom. The molecule has 1 atom stereocenters. The molecule has 1 fully saturated rings. The van der Waals surface area contributed by atoms with Gasteiger partial charge in [0.25, 0.3) is 5.69 Å². The molecule has 0 spiro atoms. The van der Waals surface area contributed by atoms with Crippen molar-refractivity contribution in [3.8, 4) is 0 Å². The number of para-hydroxylation sites is 1. The van der Waals surface area contributed by atoms with Crippen molar-refractivity contribution < 1.29 is 9.72 Å². The first kappa shape index (κ1) is 10.8. The third-order valence-corrected chi connectivity index (χ3v) is 3.06. The van der Waals surface area contributed by atoms with Crippen molar-refractivity contribution in [3.05, 3.63) is 39.9 Å². The molecule has 1 aliphatic rings. The first-order valence-corrected chi connectivity index (χ1v) is 5.43. The van der Waals surface area contributed by atoms with Crippen LogP contribution in [0.4, 0.5) is 5.69 Å². The molecule has 0 saturated heterocycles. The summed E-state index contributed by atoms with van der Waals surface area (Å²) < 4.78 is 0. The zero-order chi connectivity index (χ0) is 11.5. The molecule has 0 heterocycles. The highest BCUT2D eigenvalue weighted by molar-refractivity contribution is 5.80. The van der Waals surface area contributed by atoms with E-state index in [-0.39, 0.29) is 22.3 Å². The van der Waals surface area contributed by atoms with Crippen molar-refractivity contribution in [3.63, 3.8) is 0 Å². The second-order valence-corrected chi connectivity index (χ2v) is 4.15. The molecular weight excluding hydrogens is 206 g/mol. The van der Waals surface area contributed by atoms with Crippen LogP contribution in [0.2, 0.25) is 0 Å². The smallest absolute Gasteiger partial charge is 0.272 e. The van der Waals surface area contributed by atoms with E-state index in [1.807, 2.05) is 0 Å². The number of carbonyl (C=O) groups is 1. The van der Waals surface area contributed by atoms with E-state index >= 15 is 0 Å². The van der Waals surface area contributed by atoms with Crippen LogP contribution < -0.4 is 0 Å². The minimum absolute atomic E-state index is 0.0304. The van der Waals surface area contributed by atoms with Crippen molar-refractivity contribution in [2.45, 2.75) is 31.6 Å². The van der Waals surface area contributed by atoms with Crippen LogP contribution in [0.25, 0.3) is 0 Å². The topological polar surface area (TPSA) is 60.2 Å². The molecule has 1 aromatic carbocycles. The monoisotopic (exact) mass is 219 g/mol. The first-order valence-electron chi connectivity index (χ1n) is 5.43. The van der Waals surface area contributed by atoms with E-state index in [0.717, 1.165) is 12.8 Å². The highest BCUT2D eigenvalue weighted by Gasteiger charge is 2.26. The lowest BCUT2D eigenvalue weighted by atomic mass is 9.83. The van der Waals surface area contributed by atoms with E-state index in [9.17, 15) is 14.9 Å². The van der Waals surface area contributed by atoms with E-state index in [1.165, 1.54) is 6.07 Å². The van der Waals surface area contributed by atoms with Crippen LogP contribution in [0, 0.1) is 10.1 Å². The van der Waals surface area contributed by atoms with Crippen LogP contribution >= 0.6 is 0 Å². The fourth-order valence-electron chi connectivity index (χ4n) is 2.29. The summed E-state index contributed by atoms with van der Waals surface area (Å²) in [6, 6.07) is 6.73. The van der Waals surface area contributed by atoms with Gasteiger partial charge in [-0.3, -0.25) is 14.9 Å². The average molecular weight is 219 g/mol. The van der Waals surface area contributed by atoms with Gasteiger partial charge in [0.15, 0.2) is 0 Å². The van der Waals surface area contributed by atoms with Gasteiger partial charge in [0.2, 0.25) is 0 Å². The molecule has 0 radical (unpaired) electrons. The van der Waals surface area contributed by atoms with Gasteiger partial charge in [0.05, 0.1) is 4.92 Å². The SMILES string of the molecule is O=C1CCC[C@H](c2ccccc2[N+](=O)[O-])C1. The summed E-state index contributed by atoms with van der Waals surface area (Å²) in [5.41, 5.74) is 0.850. The van der Waals surface area contributed by atoms with E-state index in [1.54, 1.807) is 18.2 Å². The zero-order valence-electron chi connectivity index (χ0n) is 8.89. The van der Waals surface area contributed by atoms with E-state index in [4.69, 9.17) is 0 Å². The number of ketones is 1. The Kier molecular flexibility index (Phi) is 2.99. The van der Waals surface area contributed by atoms with Gasteiger partial charge in [0, 0.05) is 24.5 Å². The van der Waals surface area contributed by atoms with E-state index < -0.39 is 0 Å². The molecule has 4 nitrogen and oxygen atoms in total. The Hall–Kier alpha value is -1.71. The fourth-order valence-corrected chi connectivity index (χ4v) is 2.29. The van der Waals surface area contributed by atoms with Crippen molar-refractivity contribution in [1.29, 1.82) is 0 Å². The van der Waals surface area contributed by atoms with Crippen molar-refractivity contribution >= 4 is 11.5 Å². The van der Waals surface area contributed by atoms with Crippen LogP contribution in [-0.2, 0) is 4.79 Å². The molecule has 0 amide bonds. The number of hydrogen-bond acceptors (Lipinski definition) is 3. The average Bonchev–Trinajstić information content (AvgIpc) is 2.29. The van der Waals surface area contributed by atoms with Gasteiger partial charge >= 0.3 is 0 Å². The minimum atomic E-state index is -0.367. The first-order chi connectivity index (χ1) is 7.68. The predicted molar refractivity (Wildman–Crippen MR) is 59.3 cm³/mol. The van der Waals surface area contributed by atoms with Gasteiger partial charge in [-0.15, -0.1) is 0 Å². The maximum atomic E-state index is 11.4. The summed E-state index contributed by atoms with van der Waals surface area (Å²) in [6.45, 7) is 0. The van der Waals surface area contributed by atoms with E-state index in [2.05, 4.69) is 0 Å². The second-order valence-electron chi connectivity index (χ2n) is 4.15. The molecule has 0 unspecified atom stereocenters. The van der Waals surface area contributed by atoms with E-state index in [0.29, 0.717) is 18.4 Å². The molecule has 2 rings (SSSR count). The number of carbonyl (C=O) groups excluding carboxylic acids is 1. The van der Waals surface area contributed by atoms with Gasteiger partial charge in [0.1, 0.15) is 5.78 Å². The van der Waals surface area contributed by atoms with Crippen LogP contribution in [0.15, 0.2) is 24.3 Å². The predicted octanol–water partition coefficient (Wildman–Crippen LogP) is 2.82. The molecule has 0 aliphatic heterocycles. The van der Waals surface area contributed by atoms with Crippen molar-refractivity contribution in [1.82, 2.24) is 0 Å². The molecule has 4 heteroatoms. The molecule has 0 aromatic heterocycles. The van der Waals surface area contributed by atoms with Gasteiger partial charge in [-0.05, 0) is 18.8 Å². The third-order valence-electron chi connectivity index (χ3n) is 3.06. The number of nitro groups is 1. The lowest BCUT2D eigenvalue weighted by Gasteiger charge is -2.20. The normalized spacial score (nSPS) is 20.8. The Morgan fingerprint density at radius 3 is 2.75 bits per heavy atom. The Bertz CT molecular complexity index is 428. The summed E-state index contributed by atoms with van der Waals surface area (Å²) in [7, 11) is 0. The fraction of sp³-hybridized carbons (Fsp3) is 0.417. The summed E-state index contributed by atoms with van der Waals surface area (Å²) in [5, 5.41) is 10.9.